The molecule has 1 aliphatic carbocycles. The van der Waals surface area contributed by atoms with Gasteiger partial charge < -0.3 is 24.8 Å². The Kier molecular flexibility index (Phi) is 6.30. The first-order valence-electron chi connectivity index (χ1n) is 9.10. The van der Waals surface area contributed by atoms with E-state index in [0.29, 0.717) is 19.6 Å². The minimum Gasteiger partial charge on any atom is -0.478 e. The minimum atomic E-state index is -0.989. The normalized spacial score (nSPS) is 41.2. The zero-order valence-electron chi connectivity index (χ0n) is 15.8. The second-order valence-corrected chi connectivity index (χ2v) is 8.22. The lowest BCUT2D eigenvalue weighted by Crippen LogP contribution is -2.55. The highest BCUT2D eigenvalue weighted by atomic mass is 16.5. The minimum absolute atomic E-state index is 0.00530. The smallest absolute Gasteiger partial charge is 0.331 e. The zero-order valence-corrected chi connectivity index (χ0v) is 15.8. The van der Waals surface area contributed by atoms with Gasteiger partial charge in [-0.1, -0.05) is 13.8 Å². The highest BCUT2D eigenvalue weighted by Gasteiger charge is 2.45. The number of aliphatic carboxylic acids is 1. The second kappa shape index (κ2) is 7.74. The summed E-state index contributed by atoms with van der Waals surface area (Å²) in [6.45, 7) is 10.5. The summed E-state index contributed by atoms with van der Waals surface area (Å²) in [5.41, 5.74) is -0.137. The molecule has 1 heterocycles. The average molecular weight is 356 g/mol. The van der Waals surface area contributed by atoms with Crippen LogP contribution in [-0.2, 0) is 14.3 Å². The van der Waals surface area contributed by atoms with E-state index in [2.05, 4.69) is 0 Å². The van der Waals surface area contributed by atoms with E-state index in [4.69, 9.17) is 14.6 Å². The van der Waals surface area contributed by atoms with Gasteiger partial charge in [-0.25, -0.2) is 4.79 Å². The van der Waals surface area contributed by atoms with Crippen LogP contribution in [0.2, 0.25) is 0 Å². The van der Waals surface area contributed by atoms with Gasteiger partial charge in [-0.2, -0.15) is 0 Å². The van der Waals surface area contributed by atoms with E-state index >= 15 is 0 Å². The predicted molar refractivity (Wildman–Crippen MR) is 93.1 cm³/mol. The van der Waals surface area contributed by atoms with E-state index < -0.39 is 18.2 Å². The molecular weight excluding hydrogens is 324 g/mol. The van der Waals surface area contributed by atoms with Gasteiger partial charge in [0, 0.05) is 17.4 Å². The highest BCUT2D eigenvalue weighted by molar-refractivity contribution is 5.86. The van der Waals surface area contributed by atoms with Crippen molar-refractivity contribution in [3.8, 4) is 0 Å². The molecule has 0 aromatic carbocycles. The van der Waals surface area contributed by atoms with E-state index in [1.54, 1.807) is 0 Å². The first kappa shape index (κ1) is 20.4. The Bertz CT molecular complexity index is 514. The van der Waals surface area contributed by atoms with Crippen molar-refractivity contribution < 1.29 is 29.6 Å². The molecule has 2 rings (SSSR count). The lowest BCUT2D eigenvalue weighted by molar-refractivity contribution is -0.215. The Labute approximate surface area is 149 Å². The summed E-state index contributed by atoms with van der Waals surface area (Å²) >= 11 is 0. The molecule has 0 saturated carbocycles. The van der Waals surface area contributed by atoms with Crippen LogP contribution >= 0.6 is 0 Å². The lowest BCUT2D eigenvalue weighted by Gasteiger charge is -2.47. The summed E-state index contributed by atoms with van der Waals surface area (Å²) in [5.74, 6) is -1.24. The van der Waals surface area contributed by atoms with E-state index in [-0.39, 0.29) is 40.9 Å². The van der Waals surface area contributed by atoms with E-state index in [9.17, 15) is 15.0 Å². The van der Waals surface area contributed by atoms with Crippen LogP contribution in [0.15, 0.2) is 11.6 Å². The van der Waals surface area contributed by atoms with Crippen LogP contribution in [0.25, 0.3) is 0 Å². The monoisotopic (exact) mass is 356 g/mol. The maximum absolute atomic E-state index is 11.2. The molecular formula is C19H32O6. The number of rotatable bonds is 5. The third-order valence-electron chi connectivity index (χ3n) is 6.19. The number of ether oxygens (including phenoxy) is 2. The Morgan fingerprint density at radius 3 is 2.52 bits per heavy atom. The van der Waals surface area contributed by atoms with Gasteiger partial charge >= 0.3 is 5.97 Å². The van der Waals surface area contributed by atoms with Crippen molar-refractivity contribution in [2.75, 3.05) is 13.2 Å². The highest BCUT2D eigenvalue weighted by Crippen LogP contribution is 2.37. The molecule has 6 nitrogen and oxygen atoms in total. The summed E-state index contributed by atoms with van der Waals surface area (Å²) in [5, 5.41) is 29.8. The summed E-state index contributed by atoms with van der Waals surface area (Å²) in [6.07, 6.45) is 0.411. The molecule has 0 spiro atoms. The number of carbonyl (C=O) groups is 1. The molecule has 1 aliphatic heterocycles. The molecule has 0 amide bonds. The molecule has 0 radical (unpaired) electrons. The molecule has 1 saturated heterocycles. The van der Waals surface area contributed by atoms with Crippen LogP contribution in [0.3, 0.4) is 0 Å². The Hall–Kier alpha value is -0.950. The average Bonchev–Trinajstić information content (AvgIpc) is 2.51. The molecule has 1 fully saturated rings. The van der Waals surface area contributed by atoms with Gasteiger partial charge in [-0.05, 0) is 45.1 Å². The van der Waals surface area contributed by atoms with Crippen LogP contribution in [-0.4, -0.2) is 58.4 Å². The van der Waals surface area contributed by atoms with Gasteiger partial charge in [0.05, 0.1) is 37.1 Å². The number of carboxylic acids is 1. The Balaban J connectivity index is 1.92. The van der Waals surface area contributed by atoms with E-state index in [0.717, 1.165) is 0 Å². The van der Waals surface area contributed by atoms with Crippen LogP contribution in [0.5, 0.6) is 0 Å². The largest absolute Gasteiger partial charge is 0.478 e. The van der Waals surface area contributed by atoms with Crippen molar-refractivity contribution in [3.63, 3.8) is 0 Å². The van der Waals surface area contributed by atoms with Crippen LogP contribution < -0.4 is 0 Å². The quantitative estimate of drug-likeness (QED) is 0.696. The third-order valence-corrected chi connectivity index (χ3v) is 6.19. The Morgan fingerprint density at radius 2 is 1.92 bits per heavy atom. The van der Waals surface area contributed by atoms with Crippen LogP contribution in [0.4, 0.5) is 0 Å². The van der Waals surface area contributed by atoms with Gasteiger partial charge in [-0.3, -0.25) is 0 Å². The summed E-state index contributed by atoms with van der Waals surface area (Å²) < 4.78 is 11.9. The lowest BCUT2D eigenvalue weighted by atomic mass is 9.76. The SMILES string of the molecule is CC1OC(C)(C)C(C)C(O)C1COCC1CC(C(=O)O)=CC(O)C1C. The van der Waals surface area contributed by atoms with Crippen molar-refractivity contribution in [3.05, 3.63) is 11.6 Å². The number of aliphatic hydroxyl groups is 2. The van der Waals surface area contributed by atoms with E-state index in [1.165, 1.54) is 6.08 Å². The fourth-order valence-corrected chi connectivity index (χ4v) is 3.87. The first-order chi connectivity index (χ1) is 11.5. The topological polar surface area (TPSA) is 96.2 Å². The van der Waals surface area contributed by atoms with Gasteiger partial charge in [-0.15, -0.1) is 0 Å². The third kappa shape index (κ3) is 4.42. The molecule has 0 aromatic heterocycles. The maximum atomic E-state index is 11.2. The van der Waals surface area contributed by atoms with Crippen molar-refractivity contribution in [1.82, 2.24) is 0 Å². The fourth-order valence-electron chi connectivity index (χ4n) is 3.87. The summed E-state index contributed by atoms with van der Waals surface area (Å²) in [7, 11) is 0. The molecule has 6 heteroatoms. The van der Waals surface area contributed by atoms with Crippen molar-refractivity contribution in [2.24, 2.45) is 23.7 Å². The second-order valence-electron chi connectivity index (χ2n) is 8.22. The van der Waals surface area contributed by atoms with Crippen LogP contribution in [0, 0.1) is 23.7 Å². The number of hydrogen-bond donors (Lipinski definition) is 3. The van der Waals surface area contributed by atoms with Gasteiger partial charge in [0.15, 0.2) is 0 Å². The van der Waals surface area contributed by atoms with Crippen molar-refractivity contribution in [2.45, 2.75) is 65.0 Å². The summed E-state index contributed by atoms with van der Waals surface area (Å²) in [4.78, 5) is 11.2. The van der Waals surface area contributed by atoms with Crippen molar-refractivity contribution in [1.29, 1.82) is 0 Å². The van der Waals surface area contributed by atoms with Gasteiger partial charge in [0.1, 0.15) is 0 Å². The Morgan fingerprint density at radius 1 is 1.28 bits per heavy atom. The number of aliphatic hydroxyl groups excluding tert-OH is 2. The van der Waals surface area contributed by atoms with Crippen LogP contribution in [0.1, 0.15) is 41.0 Å². The molecule has 0 bridgehead atoms. The molecule has 7 unspecified atom stereocenters. The molecule has 25 heavy (non-hydrogen) atoms. The van der Waals surface area contributed by atoms with Crippen molar-refractivity contribution >= 4 is 5.97 Å². The number of hydrogen-bond acceptors (Lipinski definition) is 5. The van der Waals surface area contributed by atoms with Gasteiger partial charge in [0.25, 0.3) is 0 Å². The zero-order chi connectivity index (χ0) is 18.9. The molecule has 3 N–H and O–H groups in total. The maximum Gasteiger partial charge on any atom is 0.331 e. The van der Waals surface area contributed by atoms with E-state index in [1.807, 2.05) is 34.6 Å². The first-order valence-corrected chi connectivity index (χ1v) is 9.10. The molecule has 0 aromatic rings. The predicted octanol–water partition coefficient (Wildman–Crippen LogP) is 1.84. The molecule has 144 valence electrons. The molecule has 2 aliphatic rings. The molecule has 7 atom stereocenters. The van der Waals surface area contributed by atoms with Gasteiger partial charge in [0.2, 0.25) is 0 Å². The fraction of sp³-hybridized carbons (Fsp3) is 0.842. The standard InChI is InChI=1S/C19H32O6/c1-10-14(6-13(18(22)23)7-16(10)20)8-24-9-15-12(3)25-19(4,5)11(2)17(15)21/h7,10-12,14-17,20-21H,6,8-9H2,1-5H3,(H,22,23). The summed E-state index contributed by atoms with van der Waals surface area (Å²) in [6, 6.07) is 0. The number of carboxylic acid groups (broad SMARTS) is 1.